The van der Waals surface area contributed by atoms with Crippen LogP contribution < -0.4 is 0 Å². The van der Waals surface area contributed by atoms with Crippen LogP contribution in [0.3, 0.4) is 0 Å². The van der Waals surface area contributed by atoms with Crippen molar-refractivity contribution >= 4 is 0 Å². The summed E-state index contributed by atoms with van der Waals surface area (Å²) in [4.78, 5) is 6.77. The van der Waals surface area contributed by atoms with E-state index in [0.717, 1.165) is 31.7 Å². The number of fused-ring (bicyclic) bond motifs is 3. The molecule has 0 saturated carbocycles. The van der Waals surface area contributed by atoms with Crippen LogP contribution in [0.25, 0.3) is 0 Å². The van der Waals surface area contributed by atoms with Gasteiger partial charge in [-0.05, 0) is 20.3 Å². The van der Waals surface area contributed by atoms with Crippen molar-refractivity contribution in [3.63, 3.8) is 0 Å². The first kappa shape index (κ1) is 13.9. The standard InChI is InChI=1S/C15H22N6O/c1-11(2)20-10-16-5-12(20)7-19-4-3-15-14(8-19)21-13(9-22-15)6-17-18-21/h5-6,10-11,14-15H,3-4,7-9H2,1-2H3/t14-,15+/m0/s1. The number of rotatable bonds is 3. The molecule has 0 spiro atoms. The van der Waals surface area contributed by atoms with E-state index in [2.05, 4.69) is 43.3 Å². The molecule has 0 N–H and O–H groups in total. The predicted molar refractivity (Wildman–Crippen MR) is 80.1 cm³/mol. The molecule has 2 aliphatic heterocycles. The fraction of sp³-hybridized carbons (Fsp3) is 0.667. The average Bonchev–Trinajstić information content (AvgIpc) is 3.15. The Labute approximate surface area is 129 Å². The van der Waals surface area contributed by atoms with Gasteiger partial charge >= 0.3 is 0 Å². The number of ether oxygens (including phenoxy) is 1. The van der Waals surface area contributed by atoms with Crippen molar-refractivity contribution in [2.24, 2.45) is 0 Å². The minimum atomic E-state index is 0.264. The predicted octanol–water partition coefficient (Wildman–Crippen LogP) is 1.40. The summed E-state index contributed by atoms with van der Waals surface area (Å²) in [5.41, 5.74) is 2.35. The zero-order valence-corrected chi connectivity index (χ0v) is 13.1. The molecular formula is C15H22N6O. The highest BCUT2D eigenvalue weighted by atomic mass is 16.5. The SMILES string of the molecule is CC(C)n1cncc1CN1CC[C@H]2OCc3cnnn3[C@H]2C1. The monoisotopic (exact) mass is 302 g/mol. The second-order valence-corrected chi connectivity index (χ2v) is 6.50. The Morgan fingerprint density at radius 1 is 1.36 bits per heavy atom. The molecule has 7 heteroatoms. The molecule has 0 bridgehead atoms. The van der Waals surface area contributed by atoms with Crippen molar-refractivity contribution in [3.8, 4) is 0 Å². The summed E-state index contributed by atoms with van der Waals surface area (Å²) >= 11 is 0. The molecule has 2 atom stereocenters. The highest BCUT2D eigenvalue weighted by molar-refractivity contribution is 5.04. The number of aromatic nitrogens is 5. The van der Waals surface area contributed by atoms with E-state index >= 15 is 0 Å². The van der Waals surface area contributed by atoms with E-state index in [-0.39, 0.29) is 12.1 Å². The van der Waals surface area contributed by atoms with Crippen molar-refractivity contribution < 1.29 is 4.74 Å². The van der Waals surface area contributed by atoms with Crippen LogP contribution in [-0.4, -0.2) is 48.6 Å². The number of imidazole rings is 1. The zero-order valence-electron chi connectivity index (χ0n) is 13.1. The molecule has 7 nitrogen and oxygen atoms in total. The number of hydrogen-bond donors (Lipinski definition) is 0. The van der Waals surface area contributed by atoms with E-state index in [1.165, 1.54) is 5.69 Å². The molecule has 4 heterocycles. The van der Waals surface area contributed by atoms with Crippen molar-refractivity contribution in [2.75, 3.05) is 13.1 Å². The van der Waals surface area contributed by atoms with Crippen molar-refractivity contribution in [1.82, 2.24) is 29.4 Å². The summed E-state index contributed by atoms with van der Waals surface area (Å²) < 4.78 is 10.3. The van der Waals surface area contributed by atoms with Crippen LogP contribution >= 0.6 is 0 Å². The Morgan fingerprint density at radius 3 is 3.14 bits per heavy atom. The maximum absolute atomic E-state index is 5.97. The lowest BCUT2D eigenvalue weighted by Gasteiger charge is -2.41. The van der Waals surface area contributed by atoms with Gasteiger partial charge in [0.25, 0.3) is 0 Å². The lowest BCUT2D eigenvalue weighted by Crippen LogP contribution is -2.47. The molecule has 2 aromatic heterocycles. The molecule has 0 radical (unpaired) electrons. The maximum atomic E-state index is 5.97. The summed E-state index contributed by atoms with van der Waals surface area (Å²) in [6.45, 7) is 7.93. The first-order chi connectivity index (χ1) is 10.7. The first-order valence-electron chi connectivity index (χ1n) is 7.96. The molecule has 4 rings (SSSR count). The highest BCUT2D eigenvalue weighted by Gasteiger charge is 2.36. The number of nitrogens with zero attached hydrogens (tertiary/aromatic N) is 6. The molecule has 0 aliphatic carbocycles. The van der Waals surface area contributed by atoms with Gasteiger partial charge in [0.05, 0.1) is 42.7 Å². The number of piperidine rings is 1. The quantitative estimate of drug-likeness (QED) is 0.858. The van der Waals surface area contributed by atoms with Gasteiger partial charge in [0.2, 0.25) is 0 Å². The molecule has 0 aromatic carbocycles. The van der Waals surface area contributed by atoms with E-state index in [0.29, 0.717) is 12.6 Å². The fourth-order valence-electron chi connectivity index (χ4n) is 3.54. The van der Waals surface area contributed by atoms with Crippen LogP contribution in [0, 0.1) is 0 Å². The highest BCUT2D eigenvalue weighted by Crippen LogP contribution is 2.30. The van der Waals surface area contributed by atoms with Gasteiger partial charge in [-0.3, -0.25) is 4.90 Å². The van der Waals surface area contributed by atoms with Crippen LogP contribution in [0.1, 0.15) is 43.7 Å². The van der Waals surface area contributed by atoms with E-state index < -0.39 is 0 Å². The Balaban J connectivity index is 1.51. The van der Waals surface area contributed by atoms with Gasteiger partial charge in [-0.25, -0.2) is 9.67 Å². The third-order valence-electron chi connectivity index (χ3n) is 4.70. The normalized spacial score (nSPS) is 25.2. The summed E-state index contributed by atoms with van der Waals surface area (Å²) in [7, 11) is 0. The van der Waals surface area contributed by atoms with Gasteiger partial charge in [-0.1, -0.05) is 5.21 Å². The van der Waals surface area contributed by atoms with Gasteiger partial charge < -0.3 is 9.30 Å². The average molecular weight is 302 g/mol. The summed E-state index contributed by atoms with van der Waals surface area (Å²) in [6, 6.07) is 0.713. The van der Waals surface area contributed by atoms with Crippen LogP contribution in [0.15, 0.2) is 18.7 Å². The Hall–Kier alpha value is -1.73. The topological polar surface area (TPSA) is 61.0 Å². The van der Waals surface area contributed by atoms with E-state index in [4.69, 9.17) is 4.74 Å². The van der Waals surface area contributed by atoms with Gasteiger partial charge in [-0.15, -0.1) is 5.10 Å². The summed E-state index contributed by atoms with van der Waals surface area (Å²) in [5, 5.41) is 8.29. The molecular weight excluding hydrogens is 280 g/mol. The maximum Gasteiger partial charge on any atom is 0.0951 e. The van der Waals surface area contributed by atoms with Crippen LogP contribution in [0.5, 0.6) is 0 Å². The van der Waals surface area contributed by atoms with Gasteiger partial charge in [0.1, 0.15) is 0 Å². The van der Waals surface area contributed by atoms with Crippen molar-refractivity contribution in [2.45, 2.75) is 51.6 Å². The second kappa shape index (κ2) is 5.48. The third-order valence-corrected chi connectivity index (χ3v) is 4.70. The van der Waals surface area contributed by atoms with Gasteiger partial charge in [0, 0.05) is 31.9 Å². The lowest BCUT2D eigenvalue weighted by molar-refractivity contribution is -0.0672. The Morgan fingerprint density at radius 2 is 2.27 bits per heavy atom. The van der Waals surface area contributed by atoms with Gasteiger partial charge in [-0.2, -0.15) is 0 Å². The van der Waals surface area contributed by atoms with E-state index in [9.17, 15) is 0 Å². The molecule has 0 amide bonds. The van der Waals surface area contributed by atoms with Crippen LogP contribution in [0.4, 0.5) is 0 Å². The fourth-order valence-corrected chi connectivity index (χ4v) is 3.54. The van der Waals surface area contributed by atoms with E-state index in [1.54, 1.807) is 0 Å². The zero-order chi connectivity index (χ0) is 15.1. The number of hydrogen-bond acceptors (Lipinski definition) is 5. The lowest BCUT2D eigenvalue weighted by atomic mass is 10.0. The summed E-state index contributed by atoms with van der Waals surface area (Å²) in [5.74, 6) is 0. The first-order valence-corrected chi connectivity index (χ1v) is 7.96. The van der Waals surface area contributed by atoms with Crippen molar-refractivity contribution in [1.29, 1.82) is 0 Å². The molecule has 2 aliphatic rings. The molecule has 1 fully saturated rings. The molecule has 0 unspecified atom stereocenters. The second-order valence-electron chi connectivity index (χ2n) is 6.50. The Kier molecular flexibility index (Phi) is 3.46. The van der Waals surface area contributed by atoms with Gasteiger partial charge in [0.15, 0.2) is 0 Å². The Bertz CT molecular complexity index is 648. The number of likely N-dealkylation sites (tertiary alicyclic amines) is 1. The third kappa shape index (κ3) is 2.34. The summed E-state index contributed by atoms with van der Waals surface area (Å²) in [6.07, 6.45) is 7.01. The van der Waals surface area contributed by atoms with E-state index in [1.807, 2.05) is 18.7 Å². The largest absolute Gasteiger partial charge is 0.370 e. The minimum absolute atomic E-state index is 0.264. The molecule has 118 valence electrons. The van der Waals surface area contributed by atoms with Crippen molar-refractivity contribution in [3.05, 3.63) is 30.1 Å². The molecule has 2 aromatic rings. The van der Waals surface area contributed by atoms with Crippen LogP contribution in [0.2, 0.25) is 0 Å². The molecule has 1 saturated heterocycles. The minimum Gasteiger partial charge on any atom is -0.370 e. The van der Waals surface area contributed by atoms with Crippen LogP contribution in [-0.2, 0) is 17.9 Å². The smallest absolute Gasteiger partial charge is 0.0951 e. The molecule has 22 heavy (non-hydrogen) atoms.